The lowest BCUT2D eigenvalue weighted by Gasteiger charge is -2.22. The van der Waals surface area contributed by atoms with E-state index in [2.05, 4.69) is 30.7 Å². The van der Waals surface area contributed by atoms with Crippen LogP contribution in [0.4, 0.5) is 35.3 Å². The Bertz CT molecular complexity index is 1780. The number of nitrogen functional groups attached to an aromatic ring is 1. The van der Waals surface area contributed by atoms with Crippen molar-refractivity contribution in [2.75, 3.05) is 29.6 Å². The number of pyridine rings is 1. The van der Waals surface area contributed by atoms with Crippen LogP contribution in [0.1, 0.15) is 37.5 Å². The molecule has 1 aliphatic heterocycles. The Labute approximate surface area is 228 Å². The fourth-order valence-electron chi connectivity index (χ4n) is 5.27. The number of urea groups is 1. The van der Waals surface area contributed by atoms with Crippen molar-refractivity contribution in [1.29, 1.82) is 0 Å². The molecular weight excluding hydrogens is 545 g/mol. The molecule has 0 spiro atoms. The number of fused-ring (bicyclic) bond motifs is 2. The van der Waals surface area contributed by atoms with Gasteiger partial charge in [0, 0.05) is 25.1 Å². The van der Waals surface area contributed by atoms with E-state index in [1.54, 1.807) is 28.9 Å². The Hall–Kier alpha value is -4.73. The first kappa shape index (κ1) is 25.3. The number of aromatic nitrogens is 7. The summed E-state index contributed by atoms with van der Waals surface area (Å²) in [6, 6.07) is 3.74. The zero-order chi connectivity index (χ0) is 28.4. The molecule has 1 unspecified atom stereocenters. The number of ether oxygens (including phenoxy) is 1. The predicted octanol–water partition coefficient (Wildman–Crippen LogP) is 4.30. The minimum atomic E-state index is -4.46. The number of halogens is 3. The maximum absolute atomic E-state index is 13.4. The molecule has 5 aromatic heterocycles. The number of amides is 2. The average Bonchev–Trinajstić information content (AvgIpc) is 3.26. The molecule has 13 nitrogen and oxygen atoms in total. The maximum atomic E-state index is 13.4. The third kappa shape index (κ3) is 4.13. The molecular formula is C25H23F3N10O3. The van der Waals surface area contributed by atoms with Gasteiger partial charge in [-0.15, -0.1) is 0 Å². The molecule has 1 aliphatic carbocycles. The van der Waals surface area contributed by atoms with Crippen molar-refractivity contribution in [3.05, 3.63) is 42.7 Å². The van der Waals surface area contributed by atoms with Gasteiger partial charge in [0.05, 0.1) is 29.4 Å². The Balaban J connectivity index is 1.18. The monoisotopic (exact) mass is 568 g/mol. The highest BCUT2D eigenvalue weighted by molar-refractivity contribution is 6.02. The van der Waals surface area contributed by atoms with E-state index < -0.39 is 17.6 Å². The van der Waals surface area contributed by atoms with Crippen molar-refractivity contribution in [2.45, 2.75) is 43.3 Å². The lowest BCUT2D eigenvalue weighted by Crippen LogP contribution is -2.28. The van der Waals surface area contributed by atoms with Crippen LogP contribution in [0.5, 0.6) is 0 Å². The van der Waals surface area contributed by atoms with Gasteiger partial charge >= 0.3 is 12.2 Å². The molecule has 2 fully saturated rings. The normalized spacial score (nSPS) is 18.6. The first-order valence-electron chi connectivity index (χ1n) is 12.9. The van der Waals surface area contributed by atoms with Crippen LogP contribution in [0.3, 0.4) is 0 Å². The highest BCUT2D eigenvalue weighted by Gasteiger charge is 2.66. The van der Waals surface area contributed by atoms with Crippen LogP contribution in [0.2, 0.25) is 0 Å². The van der Waals surface area contributed by atoms with Crippen LogP contribution < -0.4 is 16.4 Å². The maximum Gasteiger partial charge on any atom is 0.401 e. The van der Waals surface area contributed by atoms with Crippen molar-refractivity contribution in [3.8, 4) is 11.4 Å². The van der Waals surface area contributed by atoms with E-state index in [1.165, 1.54) is 6.33 Å². The van der Waals surface area contributed by atoms with E-state index >= 15 is 0 Å². The zero-order valence-corrected chi connectivity index (χ0v) is 21.4. The van der Waals surface area contributed by atoms with E-state index in [-0.39, 0.29) is 36.3 Å². The predicted molar refractivity (Wildman–Crippen MR) is 139 cm³/mol. The molecule has 2 amide bonds. The van der Waals surface area contributed by atoms with Crippen molar-refractivity contribution >= 4 is 40.0 Å². The molecule has 16 heteroatoms. The topological polar surface area (TPSA) is 163 Å². The molecule has 1 saturated heterocycles. The van der Waals surface area contributed by atoms with E-state index in [0.717, 1.165) is 18.9 Å². The standard InChI is InChI=1S/C25H23F3N10O3/c26-25(27,28)24(5-6-24)16-10-17(36-41-16)34-23(39)33-14-3-4-15(37-8-7-30-21(14)37)19-18-20(29)31-12-32-22(18)38(35-19)13-2-1-9-40-11-13/h3-4,7-8,10,12-13H,1-2,5-6,9,11H2,(H2,29,31,32)(H2,33,34,36,39). The molecule has 1 atom stereocenters. The van der Waals surface area contributed by atoms with Gasteiger partial charge in [0.1, 0.15) is 23.3 Å². The van der Waals surface area contributed by atoms with Gasteiger partial charge in [0.15, 0.2) is 22.9 Å². The van der Waals surface area contributed by atoms with Gasteiger partial charge in [-0.25, -0.2) is 24.4 Å². The summed E-state index contributed by atoms with van der Waals surface area (Å²) in [5.74, 6) is -0.188. The average molecular weight is 569 g/mol. The number of anilines is 3. The second-order valence-electron chi connectivity index (χ2n) is 10.1. The number of nitrogens with zero attached hydrogens (tertiary/aromatic N) is 7. The number of rotatable bonds is 5. The van der Waals surface area contributed by atoms with Crippen LogP contribution in [0.15, 0.2) is 41.4 Å². The smallest absolute Gasteiger partial charge is 0.383 e. The summed E-state index contributed by atoms with van der Waals surface area (Å²) in [7, 11) is 0. The number of carbonyl (C=O) groups is 1. The van der Waals surface area contributed by atoms with Crippen molar-refractivity contribution in [1.82, 2.24) is 34.3 Å². The fourth-order valence-corrected chi connectivity index (χ4v) is 5.27. The summed E-state index contributed by atoms with van der Waals surface area (Å²) in [6.07, 6.45) is 1.82. The number of carbonyl (C=O) groups excluding carboxylic acids is 1. The van der Waals surface area contributed by atoms with Gasteiger partial charge in [-0.1, -0.05) is 5.16 Å². The van der Waals surface area contributed by atoms with Gasteiger partial charge in [0.2, 0.25) is 0 Å². The van der Waals surface area contributed by atoms with E-state index in [0.29, 0.717) is 47.0 Å². The number of nitrogens with one attached hydrogen (secondary N) is 2. The minimum absolute atomic E-state index is 0.0137. The van der Waals surface area contributed by atoms with Crippen LogP contribution in [-0.4, -0.2) is 59.7 Å². The molecule has 7 rings (SSSR count). The minimum Gasteiger partial charge on any atom is -0.383 e. The van der Waals surface area contributed by atoms with Crippen LogP contribution in [0, 0.1) is 0 Å². The number of alkyl halides is 3. The SMILES string of the molecule is Nc1ncnc2c1c(-c1ccc(NC(=O)Nc3cc(C4(C(F)(F)F)CC4)on3)c3nccn13)nn2C1CCCOC1. The zero-order valence-electron chi connectivity index (χ0n) is 21.4. The Morgan fingerprint density at radius 3 is 2.76 bits per heavy atom. The lowest BCUT2D eigenvalue weighted by atomic mass is 10.0. The lowest BCUT2D eigenvalue weighted by molar-refractivity contribution is -0.165. The number of hydrogen-bond donors (Lipinski definition) is 3. The number of imidazole rings is 1. The van der Waals surface area contributed by atoms with Crippen molar-refractivity contribution in [2.24, 2.45) is 0 Å². The van der Waals surface area contributed by atoms with Crippen molar-refractivity contribution in [3.63, 3.8) is 0 Å². The van der Waals surface area contributed by atoms with Crippen LogP contribution in [-0.2, 0) is 10.2 Å². The highest BCUT2D eigenvalue weighted by atomic mass is 19.4. The van der Waals surface area contributed by atoms with Gasteiger partial charge in [-0.05, 0) is 37.8 Å². The first-order valence-corrected chi connectivity index (χ1v) is 12.9. The molecule has 0 radical (unpaired) electrons. The molecule has 6 heterocycles. The first-order chi connectivity index (χ1) is 19.7. The molecule has 0 aromatic carbocycles. The molecule has 41 heavy (non-hydrogen) atoms. The molecule has 212 valence electrons. The second kappa shape index (κ2) is 9.15. The number of nitrogens with two attached hydrogens (primary N) is 1. The van der Waals surface area contributed by atoms with Crippen LogP contribution in [0.25, 0.3) is 28.1 Å². The molecule has 0 bridgehead atoms. The molecule has 2 aliphatic rings. The Kier molecular flexibility index (Phi) is 5.64. The van der Waals surface area contributed by atoms with Gasteiger partial charge in [-0.3, -0.25) is 9.72 Å². The summed E-state index contributed by atoms with van der Waals surface area (Å²) in [6.45, 7) is 1.20. The highest BCUT2D eigenvalue weighted by Crippen LogP contribution is 2.59. The van der Waals surface area contributed by atoms with E-state index in [1.807, 2.05) is 4.68 Å². The Morgan fingerprint density at radius 2 is 2.00 bits per heavy atom. The summed E-state index contributed by atoms with van der Waals surface area (Å²) < 4.78 is 54.3. The van der Waals surface area contributed by atoms with Gasteiger partial charge in [0.25, 0.3) is 0 Å². The summed E-state index contributed by atoms with van der Waals surface area (Å²) in [5.41, 5.74) is 6.73. The third-order valence-electron chi connectivity index (χ3n) is 7.56. The fraction of sp³-hybridized carbons (Fsp3) is 0.360. The van der Waals surface area contributed by atoms with Gasteiger partial charge < -0.3 is 20.3 Å². The summed E-state index contributed by atoms with van der Waals surface area (Å²) in [5, 5.41) is 14.1. The number of hydrogen-bond acceptors (Lipinski definition) is 9. The van der Waals surface area contributed by atoms with E-state index in [9.17, 15) is 18.0 Å². The van der Waals surface area contributed by atoms with Crippen molar-refractivity contribution < 1.29 is 27.2 Å². The molecule has 1 saturated carbocycles. The largest absolute Gasteiger partial charge is 0.401 e. The summed E-state index contributed by atoms with van der Waals surface area (Å²) in [4.78, 5) is 25.7. The third-order valence-corrected chi connectivity index (χ3v) is 7.56. The Morgan fingerprint density at radius 1 is 1.15 bits per heavy atom. The quantitative estimate of drug-likeness (QED) is 0.280. The van der Waals surface area contributed by atoms with Crippen LogP contribution >= 0.6 is 0 Å². The molecule has 5 aromatic rings. The van der Waals surface area contributed by atoms with E-state index in [4.69, 9.17) is 20.1 Å². The summed E-state index contributed by atoms with van der Waals surface area (Å²) >= 11 is 0. The second-order valence-corrected chi connectivity index (χ2v) is 10.1. The van der Waals surface area contributed by atoms with Gasteiger partial charge in [-0.2, -0.15) is 18.3 Å². The molecule has 4 N–H and O–H groups in total.